The first-order valence-electron chi connectivity index (χ1n) is 6.86. The molecule has 0 spiro atoms. The summed E-state index contributed by atoms with van der Waals surface area (Å²) in [5.74, 6) is -0.996. The maximum atomic E-state index is 14.1. The molecule has 20 heavy (non-hydrogen) atoms. The summed E-state index contributed by atoms with van der Waals surface area (Å²) in [4.78, 5) is 0. The lowest BCUT2D eigenvalue weighted by Gasteiger charge is -2.20. The van der Waals surface area contributed by atoms with Gasteiger partial charge in [0.25, 0.3) is 0 Å². The third-order valence-electron chi connectivity index (χ3n) is 3.10. The van der Waals surface area contributed by atoms with Crippen molar-refractivity contribution in [3.8, 4) is 0 Å². The highest BCUT2D eigenvalue weighted by Crippen LogP contribution is 2.25. The molecule has 0 aliphatic heterocycles. The summed E-state index contributed by atoms with van der Waals surface area (Å²) >= 11 is 0. The molecule has 0 radical (unpaired) electrons. The van der Waals surface area contributed by atoms with Crippen molar-refractivity contribution in [1.82, 2.24) is 5.32 Å². The van der Waals surface area contributed by atoms with Crippen molar-refractivity contribution in [1.29, 1.82) is 0 Å². The molecule has 0 saturated heterocycles. The van der Waals surface area contributed by atoms with Crippen LogP contribution in [0.15, 0.2) is 12.1 Å². The van der Waals surface area contributed by atoms with Crippen molar-refractivity contribution in [3.05, 3.63) is 34.9 Å². The fourth-order valence-corrected chi connectivity index (χ4v) is 2.04. The van der Waals surface area contributed by atoms with Crippen LogP contribution in [0.1, 0.15) is 30.5 Å². The summed E-state index contributed by atoms with van der Waals surface area (Å²) in [7, 11) is 1.60. The average Bonchev–Trinajstić information content (AvgIpc) is 2.43. The van der Waals surface area contributed by atoms with Crippen molar-refractivity contribution in [2.24, 2.45) is 0 Å². The highest BCUT2D eigenvalue weighted by molar-refractivity contribution is 5.29. The molecule has 0 fully saturated rings. The smallest absolute Gasteiger partial charge is 0.133 e. The molecule has 0 bridgehead atoms. The van der Waals surface area contributed by atoms with Gasteiger partial charge in [0.2, 0.25) is 0 Å². The fourth-order valence-electron chi connectivity index (χ4n) is 2.04. The number of benzene rings is 1. The molecule has 0 amide bonds. The van der Waals surface area contributed by atoms with Gasteiger partial charge in [-0.25, -0.2) is 8.78 Å². The minimum Gasteiger partial charge on any atom is -0.382 e. The van der Waals surface area contributed by atoms with E-state index in [0.717, 1.165) is 0 Å². The molecule has 0 aromatic heterocycles. The van der Waals surface area contributed by atoms with Gasteiger partial charge in [0.15, 0.2) is 0 Å². The average molecular weight is 287 g/mol. The van der Waals surface area contributed by atoms with Crippen LogP contribution in [0.3, 0.4) is 0 Å². The lowest BCUT2D eigenvalue weighted by molar-refractivity contribution is 0.0655. The number of aryl methyl sites for hydroxylation is 1. The summed E-state index contributed by atoms with van der Waals surface area (Å²) in [6.07, 6.45) is 0.509. The largest absolute Gasteiger partial charge is 0.382 e. The predicted molar refractivity (Wildman–Crippen MR) is 74.8 cm³/mol. The molecular formula is C15H23F2NO2. The van der Waals surface area contributed by atoms with E-state index in [1.54, 1.807) is 14.0 Å². The van der Waals surface area contributed by atoms with Crippen molar-refractivity contribution >= 4 is 0 Å². The number of methoxy groups -OCH3 is 1. The lowest BCUT2D eigenvalue weighted by atomic mass is 10.00. The predicted octanol–water partition coefficient (Wildman–Crippen LogP) is 2.98. The lowest BCUT2D eigenvalue weighted by Crippen LogP contribution is -2.25. The van der Waals surface area contributed by atoms with Crippen LogP contribution in [0.4, 0.5) is 8.78 Å². The van der Waals surface area contributed by atoms with Crippen molar-refractivity contribution < 1.29 is 18.3 Å². The molecule has 3 nitrogen and oxygen atoms in total. The SMILES string of the molecule is CCNC(CCOCCOC)c1c(F)ccc(C)c1F. The summed E-state index contributed by atoms with van der Waals surface area (Å²) < 4.78 is 38.3. The minimum atomic E-state index is -0.518. The highest BCUT2D eigenvalue weighted by Gasteiger charge is 2.20. The van der Waals surface area contributed by atoms with Crippen molar-refractivity contribution in [2.75, 3.05) is 33.5 Å². The Morgan fingerprint density at radius 2 is 1.95 bits per heavy atom. The normalized spacial score (nSPS) is 12.7. The molecule has 1 N–H and O–H groups in total. The Hall–Kier alpha value is -1.04. The van der Waals surface area contributed by atoms with Gasteiger partial charge in [0.1, 0.15) is 11.6 Å². The number of halogens is 2. The van der Waals surface area contributed by atoms with Gasteiger partial charge in [-0.3, -0.25) is 0 Å². The standard InChI is InChI=1S/C15H23F2NO2/c1-4-18-13(7-8-20-10-9-19-3)14-12(16)6-5-11(2)15(14)17/h5-6,13,18H,4,7-10H2,1-3H3. The van der Waals surface area contributed by atoms with Gasteiger partial charge in [-0.05, 0) is 31.5 Å². The quantitative estimate of drug-likeness (QED) is 0.708. The van der Waals surface area contributed by atoms with Crippen LogP contribution in [-0.2, 0) is 9.47 Å². The zero-order chi connectivity index (χ0) is 15.0. The van der Waals surface area contributed by atoms with E-state index in [9.17, 15) is 8.78 Å². The van der Waals surface area contributed by atoms with Crippen LogP contribution in [0.25, 0.3) is 0 Å². The number of hydrogen-bond acceptors (Lipinski definition) is 3. The molecule has 1 atom stereocenters. The monoisotopic (exact) mass is 287 g/mol. The molecular weight excluding hydrogens is 264 g/mol. The zero-order valence-corrected chi connectivity index (χ0v) is 12.3. The van der Waals surface area contributed by atoms with Crippen LogP contribution >= 0.6 is 0 Å². The van der Waals surface area contributed by atoms with Crippen LogP contribution < -0.4 is 5.32 Å². The van der Waals surface area contributed by atoms with E-state index in [1.807, 2.05) is 6.92 Å². The van der Waals surface area contributed by atoms with Crippen LogP contribution in [0.2, 0.25) is 0 Å². The van der Waals surface area contributed by atoms with E-state index in [-0.39, 0.29) is 11.6 Å². The number of ether oxygens (including phenoxy) is 2. The molecule has 1 unspecified atom stereocenters. The van der Waals surface area contributed by atoms with E-state index in [0.29, 0.717) is 38.3 Å². The van der Waals surface area contributed by atoms with Crippen LogP contribution in [-0.4, -0.2) is 33.5 Å². The maximum absolute atomic E-state index is 14.1. The molecule has 0 saturated carbocycles. The minimum absolute atomic E-state index is 0.0993. The first-order valence-corrected chi connectivity index (χ1v) is 6.86. The van der Waals surface area contributed by atoms with Crippen molar-refractivity contribution in [3.63, 3.8) is 0 Å². The van der Waals surface area contributed by atoms with E-state index < -0.39 is 11.6 Å². The molecule has 1 aromatic carbocycles. The summed E-state index contributed by atoms with van der Waals surface area (Å²) in [6, 6.07) is 2.37. The zero-order valence-electron chi connectivity index (χ0n) is 12.3. The summed E-state index contributed by atoms with van der Waals surface area (Å²) in [5, 5.41) is 3.11. The van der Waals surface area contributed by atoms with Gasteiger partial charge in [0.05, 0.1) is 13.2 Å². The Balaban J connectivity index is 2.73. The molecule has 1 rings (SSSR count). The van der Waals surface area contributed by atoms with Gasteiger partial charge in [-0.1, -0.05) is 13.0 Å². The third-order valence-corrected chi connectivity index (χ3v) is 3.10. The summed E-state index contributed by atoms with van der Waals surface area (Å²) in [5.41, 5.74) is 0.548. The number of nitrogens with one attached hydrogen (secondary N) is 1. The van der Waals surface area contributed by atoms with Gasteiger partial charge < -0.3 is 14.8 Å². The van der Waals surface area contributed by atoms with Crippen molar-refractivity contribution in [2.45, 2.75) is 26.3 Å². The second-order valence-corrected chi connectivity index (χ2v) is 4.60. The molecule has 0 aliphatic rings. The van der Waals surface area contributed by atoms with Crippen LogP contribution in [0.5, 0.6) is 0 Å². The fraction of sp³-hybridized carbons (Fsp3) is 0.600. The Morgan fingerprint density at radius 3 is 2.60 bits per heavy atom. The summed E-state index contributed by atoms with van der Waals surface area (Å²) in [6.45, 7) is 5.59. The molecule has 5 heteroatoms. The maximum Gasteiger partial charge on any atom is 0.133 e. The van der Waals surface area contributed by atoms with Gasteiger partial charge >= 0.3 is 0 Å². The van der Waals surface area contributed by atoms with Crippen LogP contribution in [0, 0.1) is 18.6 Å². The van der Waals surface area contributed by atoms with E-state index in [1.165, 1.54) is 12.1 Å². The first-order chi connectivity index (χ1) is 9.61. The number of hydrogen-bond donors (Lipinski definition) is 1. The van der Waals surface area contributed by atoms with E-state index in [4.69, 9.17) is 9.47 Å². The Kier molecular flexibility index (Phi) is 7.65. The molecule has 0 heterocycles. The Morgan fingerprint density at radius 1 is 1.20 bits per heavy atom. The number of rotatable bonds is 9. The third kappa shape index (κ3) is 4.81. The Bertz CT molecular complexity index is 413. The topological polar surface area (TPSA) is 30.5 Å². The molecule has 114 valence electrons. The van der Waals surface area contributed by atoms with Gasteiger partial charge in [-0.2, -0.15) is 0 Å². The molecule has 0 aliphatic carbocycles. The van der Waals surface area contributed by atoms with E-state index >= 15 is 0 Å². The van der Waals surface area contributed by atoms with E-state index in [2.05, 4.69) is 5.32 Å². The molecule has 1 aromatic rings. The second-order valence-electron chi connectivity index (χ2n) is 4.60. The van der Waals surface area contributed by atoms with Gasteiger partial charge in [0, 0.05) is 25.3 Å². The highest BCUT2D eigenvalue weighted by atomic mass is 19.1. The van der Waals surface area contributed by atoms with Gasteiger partial charge in [-0.15, -0.1) is 0 Å². The Labute approximate surface area is 119 Å². The first kappa shape index (κ1) is 17.0. The second kappa shape index (κ2) is 9.00.